The highest BCUT2D eigenvalue weighted by Gasteiger charge is 2.45. The standard InChI is InChI=1S/C23H22Br2S/c1-2-3-4-5-12-23(22-7-6-13-26-22)20-14-16(24)8-10-18(20)19-11-9-17(25)15-21(19)23/h6-11,13-15H,2-5,12H2,1H3. The summed E-state index contributed by atoms with van der Waals surface area (Å²) in [6, 6.07) is 18.1. The number of hydrogen-bond acceptors (Lipinski definition) is 1. The SMILES string of the molecule is CCCCCCC1(c2cccs2)c2cc(Br)ccc2-c2ccc(Br)cc21. The first-order valence-electron chi connectivity index (χ1n) is 9.31. The normalized spacial score (nSPS) is 14.3. The van der Waals surface area contributed by atoms with Gasteiger partial charge >= 0.3 is 0 Å². The van der Waals surface area contributed by atoms with Crippen LogP contribution < -0.4 is 0 Å². The van der Waals surface area contributed by atoms with Crippen LogP contribution in [-0.2, 0) is 5.41 Å². The van der Waals surface area contributed by atoms with E-state index in [4.69, 9.17) is 0 Å². The zero-order chi connectivity index (χ0) is 18.1. The molecular formula is C23H22Br2S. The zero-order valence-corrected chi connectivity index (χ0v) is 18.9. The van der Waals surface area contributed by atoms with Crippen LogP contribution in [-0.4, -0.2) is 0 Å². The van der Waals surface area contributed by atoms with Crippen LogP contribution in [0.5, 0.6) is 0 Å². The van der Waals surface area contributed by atoms with E-state index < -0.39 is 0 Å². The summed E-state index contributed by atoms with van der Waals surface area (Å²) in [5.74, 6) is 0. The van der Waals surface area contributed by atoms with Gasteiger partial charge in [-0.25, -0.2) is 0 Å². The van der Waals surface area contributed by atoms with E-state index >= 15 is 0 Å². The fourth-order valence-corrected chi connectivity index (χ4v) is 6.06. The number of hydrogen-bond donors (Lipinski definition) is 0. The van der Waals surface area contributed by atoms with E-state index in [0.29, 0.717) is 0 Å². The lowest BCUT2D eigenvalue weighted by Crippen LogP contribution is -2.26. The molecule has 1 aliphatic carbocycles. The predicted molar refractivity (Wildman–Crippen MR) is 120 cm³/mol. The second-order valence-corrected chi connectivity index (χ2v) is 9.85. The molecule has 1 heterocycles. The Hall–Kier alpha value is -0.900. The molecule has 4 rings (SSSR count). The number of unbranched alkanes of at least 4 members (excludes halogenated alkanes) is 3. The van der Waals surface area contributed by atoms with Crippen molar-refractivity contribution >= 4 is 43.2 Å². The smallest absolute Gasteiger partial charge is 0.0557 e. The molecule has 0 nitrogen and oxygen atoms in total. The van der Waals surface area contributed by atoms with Crippen LogP contribution in [0.25, 0.3) is 11.1 Å². The molecule has 3 aromatic rings. The first-order valence-corrected chi connectivity index (χ1v) is 11.8. The van der Waals surface area contributed by atoms with Crippen LogP contribution in [0.4, 0.5) is 0 Å². The highest BCUT2D eigenvalue weighted by atomic mass is 79.9. The predicted octanol–water partition coefficient (Wildman–Crippen LogP) is 8.56. The van der Waals surface area contributed by atoms with Crippen molar-refractivity contribution in [2.75, 3.05) is 0 Å². The van der Waals surface area contributed by atoms with Gasteiger partial charge in [0, 0.05) is 13.8 Å². The van der Waals surface area contributed by atoms with Gasteiger partial charge in [-0.3, -0.25) is 0 Å². The van der Waals surface area contributed by atoms with Crippen LogP contribution in [0.2, 0.25) is 0 Å². The Morgan fingerprint density at radius 1 is 0.846 bits per heavy atom. The molecule has 0 saturated heterocycles. The van der Waals surface area contributed by atoms with Crippen LogP contribution in [0.3, 0.4) is 0 Å². The maximum absolute atomic E-state index is 3.73. The molecule has 0 N–H and O–H groups in total. The Kier molecular flexibility index (Phi) is 5.41. The van der Waals surface area contributed by atoms with Gasteiger partial charge in [0.1, 0.15) is 0 Å². The fourth-order valence-electron chi connectivity index (χ4n) is 4.35. The summed E-state index contributed by atoms with van der Waals surface area (Å²) in [7, 11) is 0. The quantitative estimate of drug-likeness (QED) is 0.304. The average molecular weight is 490 g/mol. The first kappa shape index (κ1) is 18.5. The van der Waals surface area contributed by atoms with Crippen LogP contribution in [0, 0.1) is 0 Å². The third-order valence-electron chi connectivity index (χ3n) is 5.52. The minimum absolute atomic E-state index is 0.0276. The van der Waals surface area contributed by atoms with Crippen molar-refractivity contribution in [3.05, 3.63) is 78.9 Å². The van der Waals surface area contributed by atoms with E-state index in [1.807, 2.05) is 11.3 Å². The number of rotatable bonds is 6. The lowest BCUT2D eigenvalue weighted by Gasteiger charge is -2.32. The maximum Gasteiger partial charge on any atom is 0.0557 e. The number of fused-ring (bicyclic) bond motifs is 3. The minimum atomic E-state index is -0.0276. The highest BCUT2D eigenvalue weighted by molar-refractivity contribution is 9.10. The summed E-state index contributed by atoms with van der Waals surface area (Å²) >= 11 is 9.34. The lowest BCUT2D eigenvalue weighted by atomic mass is 9.73. The topological polar surface area (TPSA) is 0 Å². The third-order valence-corrected chi connectivity index (χ3v) is 7.54. The summed E-state index contributed by atoms with van der Waals surface area (Å²) in [4.78, 5) is 1.46. The molecule has 0 saturated carbocycles. The molecule has 0 fully saturated rings. The molecule has 0 radical (unpaired) electrons. The van der Waals surface area contributed by atoms with Gasteiger partial charge in [-0.15, -0.1) is 11.3 Å². The minimum Gasteiger partial charge on any atom is -0.148 e. The summed E-state index contributed by atoms with van der Waals surface area (Å²) in [5.41, 5.74) is 5.66. The second-order valence-electron chi connectivity index (χ2n) is 7.07. The highest BCUT2D eigenvalue weighted by Crippen LogP contribution is 2.57. The first-order chi connectivity index (χ1) is 12.7. The van der Waals surface area contributed by atoms with Crippen molar-refractivity contribution in [2.24, 2.45) is 0 Å². The molecule has 0 bridgehead atoms. The lowest BCUT2D eigenvalue weighted by molar-refractivity contribution is 0.522. The molecule has 0 atom stereocenters. The Morgan fingerprint density at radius 2 is 1.50 bits per heavy atom. The van der Waals surface area contributed by atoms with Crippen molar-refractivity contribution < 1.29 is 0 Å². The molecule has 0 amide bonds. The largest absolute Gasteiger partial charge is 0.148 e. The van der Waals surface area contributed by atoms with Gasteiger partial charge in [0.25, 0.3) is 0 Å². The maximum atomic E-state index is 3.73. The van der Waals surface area contributed by atoms with Crippen LogP contribution in [0.1, 0.15) is 55.0 Å². The second kappa shape index (κ2) is 7.61. The van der Waals surface area contributed by atoms with Gasteiger partial charge in [-0.2, -0.15) is 0 Å². The number of benzene rings is 2. The zero-order valence-electron chi connectivity index (χ0n) is 14.9. The van der Waals surface area contributed by atoms with Crippen molar-refractivity contribution in [1.29, 1.82) is 0 Å². The molecule has 2 aromatic carbocycles. The van der Waals surface area contributed by atoms with E-state index in [2.05, 4.69) is 92.7 Å². The Morgan fingerprint density at radius 3 is 2.04 bits per heavy atom. The van der Waals surface area contributed by atoms with E-state index in [1.165, 1.54) is 59.2 Å². The summed E-state index contributed by atoms with van der Waals surface area (Å²) < 4.78 is 2.33. The average Bonchev–Trinajstić information content (AvgIpc) is 3.25. The van der Waals surface area contributed by atoms with Gasteiger partial charge in [-0.05, 0) is 64.4 Å². The molecule has 26 heavy (non-hydrogen) atoms. The Balaban J connectivity index is 1.94. The van der Waals surface area contributed by atoms with Crippen molar-refractivity contribution in [3.63, 3.8) is 0 Å². The van der Waals surface area contributed by atoms with E-state index in [0.717, 1.165) is 8.95 Å². The van der Waals surface area contributed by atoms with E-state index in [-0.39, 0.29) is 5.41 Å². The molecule has 3 heteroatoms. The van der Waals surface area contributed by atoms with Gasteiger partial charge in [0.15, 0.2) is 0 Å². The molecule has 1 aliphatic rings. The Bertz CT molecular complexity index is 860. The summed E-state index contributed by atoms with van der Waals surface area (Å²) in [6.45, 7) is 2.28. The number of thiophene rings is 1. The molecule has 0 aliphatic heterocycles. The van der Waals surface area contributed by atoms with Gasteiger partial charge in [-0.1, -0.05) is 82.7 Å². The van der Waals surface area contributed by atoms with E-state index in [1.54, 1.807) is 0 Å². The summed E-state index contributed by atoms with van der Waals surface area (Å²) in [5, 5.41) is 2.22. The molecule has 0 unspecified atom stereocenters. The van der Waals surface area contributed by atoms with Crippen molar-refractivity contribution in [1.82, 2.24) is 0 Å². The molecule has 1 aromatic heterocycles. The Labute approximate surface area is 176 Å². The van der Waals surface area contributed by atoms with Gasteiger partial charge < -0.3 is 0 Å². The van der Waals surface area contributed by atoms with E-state index in [9.17, 15) is 0 Å². The monoisotopic (exact) mass is 488 g/mol. The molecular weight excluding hydrogens is 468 g/mol. The van der Waals surface area contributed by atoms with Gasteiger partial charge in [0.2, 0.25) is 0 Å². The van der Waals surface area contributed by atoms with Gasteiger partial charge in [0.05, 0.1) is 5.41 Å². The van der Waals surface area contributed by atoms with Crippen LogP contribution in [0.15, 0.2) is 62.9 Å². The fraction of sp³-hybridized carbons (Fsp3) is 0.304. The molecule has 0 spiro atoms. The third kappa shape index (κ3) is 3.02. The number of halogens is 2. The van der Waals surface area contributed by atoms with Crippen molar-refractivity contribution in [3.8, 4) is 11.1 Å². The van der Waals surface area contributed by atoms with Crippen molar-refractivity contribution in [2.45, 2.75) is 44.4 Å². The van der Waals surface area contributed by atoms with Crippen LogP contribution >= 0.6 is 43.2 Å². The molecule has 134 valence electrons. The summed E-state index contributed by atoms with van der Waals surface area (Å²) in [6.07, 6.45) is 6.31.